The number of piperidine rings is 1. The molecule has 3 rings (SSSR count). The maximum Gasteiger partial charge on any atom is 0.285 e. The largest absolute Gasteiger partial charge is 0.324 e. The third kappa shape index (κ3) is 3.17. The summed E-state index contributed by atoms with van der Waals surface area (Å²) in [6.07, 6.45) is 1.23. The highest BCUT2D eigenvalue weighted by Gasteiger charge is 2.47. The van der Waals surface area contributed by atoms with Crippen LogP contribution in [-0.2, 0) is 9.59 Å². The van der Waals surface area contributed by atoms with Crippen LogP contribution >= 0.6 is 0 Å². The molecule has 5 nitrogen and oxygen atoms in total. The van der Waals surface area contributed by atoms with Gasteiger partial charge in [-0.3, -0.25) is 14.5 Å². The van der Waals surface area contributed by atoms with Gasteiger partial charge in [0.25, 0.3) is 5.91 Å². The lowest BCUT2D eigenvalue weighted by atomic mass is 9.90. The smallest absolute Gasteiger partial charge is 0.285 e. The number of carbonyl (C=O) groups is 2. The second kappa shape index (κ2) is 6.45. The Morgan fingerprint density at radius 3 is 2.48 bits per heavy atom. The minimum absolute atomic E-state index is 0.0311. The Labute approximate surface area is 150 Å². The van der Waals surface area contributed by atoms with E-state index < -0.39 is 5.54 Å². The van der Waals surface area contributed by atoms with Crippen LogP contribution in [-0.4, -0.2) is 36.5 Å². The van der Waals surface area contributed by atoms with Gasteiger partial charge in [-0.1, -0.05) is 26.0 Å². The van der Waals surface area contributed by atoms with E-state index in [0.717, 1.165) is 18.8 Å². The van der Waals surface area contributed by atoms with Gasteiger partial charge in [-0.15, -0.1) is 0 Å². The molecule has 2 N–H and O–H groups in total. The van der Waals surface area contributed by atoms with Crippen molar-refractivity contribution in [1.29, 1.82) is 0 Å². The van der Waals surface area contributed by atoms with E-state index in [2.05, 4.69) is 19.2 Å². The fraction of sp³-hybridized carbons (Fsp3) is 0.600. The lowest BCUT2D eigenvalue weighted by Crippen LogP contribution is -3.18. The molecule has 136 valence electrons. The van der Waals surface area contributed by atoms with Crippen molar-refractivity contribution in [2.24, 2.45) is 11.8 Å². The number of hydrogen-bond donors (Lipinski definition) is 2. The Hall–Kier alpha value is -1.88. The second-order valence-electron chi connectivity index (χ2n) is 8.44. The maximum absolute atomic E-state index is 13.5. The van der Waals surface area contributed by atoms with Crippen LogP contribution in [0.15, 0.2) is 24.3 Å². The Kier molecular flexibility index (Phi) is 4.62. The summed E-state index contributed by atoms with van der Waals surface area (Å²) < 4.78 is 0. The Morgan fingerprint density at radius 2 is 1.84 bits per heavy atom. The highest BCUT2D eigenvalue weighted by atomic mass is 16.2. The number of amides is 2. The van der Waals surface area contributed by atoms with Gasteiger partial charge < -0.3 is 10.2 Å². The topological polar surface area (TPSA) is 53.9 Å². The van der Waals surface area contributed by atoms with E-state index in [1.54, 1.807) is 4.90 Å². The number of carbonyl (C=O) groups excluding carboxylic acids is 2. The summed E-state index contributed by atoms with van der Waals surface area (Å²) in [7, 11) is 0. The monoisotopic (exact) mass is 344 g/mol. The van der Waals surface area contributed by atoms with Crippen molar-refractivity contribution in [1.82, 2.24) is 0 Å². The van der Waals surface area contributed by atoms with Gasteiger partial charge in [0.2, 0.25) is 5.91 Å². The quantitative estimate of drug-likeness (QED) is 0.858. The minimum Gasteiger partial charge on any atom is -0.324 e. The fourth-order valence-electron chi connectivity index (χ4n) is 4.40. The van der Waals surface area contributed by atoms with Crippen molar-refractivity contribution in [3.05, 3.63) is 24.3 Å². The van der Waals surface area contributed by atoms with E-state index in [0.29, 0.717) is 17.5 Å². The third-order valence-electron chi connectivity index (χ3n) is 5.74. The molecule has 0 saturated carbocycles. The van der Waals surface area contributed by atoms with E-state index in [1.165, 1.54) is 11.3 Å². The molecule has 0 aliphatic carbocycles. The molecular weight excluding hydrogens is 314 g/mol. The first kappa shape index (κ1) is 17.9. The van der Waals surface area contributed by atoms with Gasteiger partial charge >= 0.3 is 0 Å². The van der Waals surface area contributed by atoms with Crippen LogP contribution < -0.4 is 15.1 Å². The van der Waals surface area contributed by atoms with E-state index in [-0.39, 0.29) is 17.9 Å². The number of quaternary nitrogens is 1. The van der Waals surface area contributed by atoms with Crippen LogP contribution in [0.5, 0.6) is 0 Å². The molecule has 1 saturated heterocycles. The molecule has 1 aromatic rings. The second-order valence-corrected chi connectivity index (χ2v) is 8.44. The van der Waals surface area contributed by atoms with Crippen molar-refractivity contribution >= 4 is 23.2 Å². The molecule has 5 heteroatoms. The third-order valence-corrected chi connectivity index (χ3v) is 5.74. The fourth-order valence-corrected chi connectivity index (χ4v) is 4.40. The number of nitrogens with one attached hydrogen (secondary N) is 2. The molecule has 3 atom stereocenters. The zero-order valence-electron chi connectivity index (χ0n) is 15.9. The van der Waals surface area contributed by atoms with Gasteiger partial charge in [-0.25, -0.2) is 0 Å². The molecule has 25 heavy (non-hydrogen) atoms. The van der Waals surface area contributed by atoms with Crippen LogP contribution in [0.3, 0.4) is 0 Å². The first-order valence-corrected chi connectivity index (χ1v) is 9.31. The standard InChI is InChI=1S/C20H29N3O2/c1-13-10-14(2)12-22(11-13)15(3)18(24)23-17-9-7-6-8-16(17)21-19(25)20(23,4)5/h6-9,13-15H,10-12H2,1-5H3,(H,21,25)/p+1/t13-,14-,15-/m0/s1. The van der Waals surface area contributed by atoms with Gasteiger partial charge in [0.15, 0.2) is 6.04 Å². The van der Waals surface area contributed by atoms with Crippen molar-refractivity contribution in [2.45, 2.75) is 52.6 Å². The molecule has 0 bridgehead atoms. The van der Waals surface area contributed by atoms with Crippen molar-refractivity contribution in [3.8, 4) is 0 Å². The lowest BCUT2D eigenvalue weighted by Gasteiger charge is -2.44. The van der Waals surface area contributed by atoms with Crippen LogP contribution in [0.1, 0.15) is 41.0 Å². The molecule has 2 amide bonds. The van der Waals surface area contributed by atoms with Crippen molar-refractivity contribution in [2.75, 3.05) is 23.3 Å². The van der Waals surface area contributed by atoms with E-state index in [4.69, 9.17) is 0 Å². The summed E-state index contributed by atoms with van der Waals surface area (Å²) in [4.78, 5) is 29.1. The summed E-state index contributed by atoms with van der Waals surface area (Å²) in [5.74, 6) is 1.14. The van der Waals surface area contributed by atoms with E-state index in [1.807, 2.05) is 45.0 Å². The highest BCUT2D eigenvalue weighted by Crippen LogP contribution is 2.36. The molecule has 2 heterocycles. The Morgan fingerprint density at radius 1 is 1.24 bits per heavy atom. The van der Waals surface area contributed by atoms with Crippen LogP contribution in [0.4, 0.5) is 11.4 Å². The average Bonchev–Trinajstić information content (AvgIpc) is 2.53. The predicted molar refractivity (Wildman–Crippen MR) is 99.7 cm³/mol. The number of anilines is 2. The maximum atomic E-state index is 13.5. The number of hydrogen-bond acceptors (Lipinski definition) is 2. The summed E-state index contributed by atoms with van der Waals surface area (Å²) in [5, 5.41) is 2.93. The number of para-hydroxylation sites is 2. The summed E-state index contributed by atoms with van der Waals surface area (Å²) in [6, 6.07) is 7.39. The molecule has 0 unspecified atom stereocenters. The Bertz CT molecular complexity index is 675. The van der Waals surface area contributed by atoms with Crippen LogP contribution in [0, 0.1) is 11.8 Å². The molecule has 2 aliphatic heterocycles. The summed E-state index contributed by atoms with van der Waals surface area (Å²) >= 11 is 0. The Balaban J connectivity index is 1.93. The van der Waals surface area contributed by atoms with Gasteiger partial charge in [-0.2, -0.15) is 0 Å². The number of likely N-dealkylation sites (tertiary alicyclic amines) is 1. The van der Waals surface area contributed by atoms with Crippen LogP contribution in [0.2, 0.25) is 0 Å². The molecular formula is C20H30N3O2+. The van der Waals surface area contributed by atoms with Crippen molar-refractivity contribution < 1.29 is 14.5 Å². The number of benzene rings is 1. The molecule has 0 radical (unpaired) electrons. The van der Waals surface area contributed by atoms with Crippen molar-refractivity contribution in [3.63, 3.8) is 0 Å². The number of rotatable bonds is 2. The first-order chi connectivity index (χ1) is 11.7. The minimum atomic E-state index is -0.897. The summed E-state index contributed by atoms with van der Waals surface area (Å²) in [5.41, 5.74) is 0.607. The normalized spacial score (nSPS) is 29.6. The molecule has 0 aromatic heterocycles. The molecule has 0 spiro atoms. The van der Waals surface area contributed by atoms with E-state index in [9.17, 15) is 9.59 Å². The SMILES string of the molecule is C[C@H]1C[C@H](C)C[NH+]([C@@H](C)C(=O)N2c3ccccc3NC(=O)C2(C)C)C1. The van der Waals surface area contributed by atoms with Gasteiger partial charge in [0.05, 0.1) is 24.5 Å². The van der Waals surface area contributed by atoms with Gasteiger partial charge in [0, 0.05) is 11.8 Å². The highest BCUT2D eigenvalue weighted by molar-refractivity contribution is 6.14. The number of nitrogens with zero attached hydrogens (tertiary/aromatic N) is 1. The lowest BCUT2D eigenvalue weighted by molar-refractivity contribution is -0.925. The first-order valence-electron chi connectivity index (χ1n) is 9.31. The van der Waals surface area contributed by atoms with Gasteiger partial charge in [0.1, 0.15) is 5.54 Å². The predicted octanol–water partition coefficient (Wildman–Crippen LogP) is 1.70. The summed E-state index contributed by atoms with van der Waals surface area (Å²) in [6.45, 7) is 12.2. The van der Waals surface area contributed by atoms with Gasteiger partial charge in [-0.05, 0) is 39.3 Å². The molecule has 2 aliphatic rings. The van der Waals surface area contributed by atoms with Crippen LogP contribution in [0.25, 0.3) is 0 Å². The van der Waals surface area contributed by atoms with E-state index >= 15 is 0 Å². The number of fused-ring (bicyclic) bond motifs is 1. The molecule has 1 fully saturated rings. The zero-order valence-corrected chi connectivity index (χ0v) is 15.9. The average molecular weight is 344 g/mol. The molecule has 1 aromatic carbocycles. The zero-order chi connectivity index (χ0) is 18.4.